The molecule has 154 valence electrons. The van der Waals surface area contributed by atoms with Gasteiger partial charge in [-0.05, 0) is 45.2 Å². The van der Waals surface area contributed by atoms with Crippen LogP contribution in [0.5, 0.6) is 0 Å². The number of hydrogen-bond acceptors (Lipinski definition) is 4. The van der Waals surface area contributed by atoms with Gasteiger partial charge >= 0.3 is 6.09 Å². The Hall–Kier alpha value is -2.83. The summed E-state index contributed by atoms with van der Waals surface area (Å²) in [6, 6.07) is 7.16. The van der Waals surface area contributed by atoms with Gasteiger partial charge in [0.25, 0.3) is 0 Å². The molecule has 0 spiro atoms. The van der Waals surface area contributed by atoms with E-state index in [4.69, 9.17) is 4.74 Å². The van der Waals surface area contributed by atoms with E-state index >= 15 is 0 Å². The summed E-state index contributed by atoms with van der Waals surface area (Å²) in [6.07, 6.45) is 0.923. The predicted octanol–water partition coefficient (Wildman–Crippen LogP) is 3.37. The van der Waals surface area contributed by atoms with Crippen molar-refractivity contribution in [1.29, 1.82) is 0 Å². The Morgan fingerprint density at radius 2 is 1.75 bits per heavy atom. The monoisotopic (exact) mass is 389 g/mol. The SMILES string of the molecule is C/C(=C\C(=O)NCc1ccccc1NC(=O)CNC(=O)OC(C)(C)C)C(C)C. The fourth-order valence-corrected chi connectivity index (χ4v) is 2.06. The van der Waals surface area contributed by atoms with E-state index in [1.54, 1.807) is 39.0 Å². The normalized spacial score (nSPS) is 11.8. The Kier molecular flexibility index (Phi) is 8.70. The first kappa shape index (κ1) is 23.2. The first-order chi connectivity index (χ1) is 13.0. The van der Waals surface area contributed by atoms with Crippen molar-refractivity contribution in [3.05, 3.63) is 41.5 Å². The van der Waals surface area contributed by atoms with E-state index in [0.717, 1.165) is 11.1 Å². The number of para-hydroxylation sites is 1. The zero-order valence-corrected chi connectivity index (χ0v) is 17.5. The zero-order valence-electron chi connectivity index (χ0n) is 17.5. The van der Waals surface area contributed by atoms with Crippen molar-refractivity contribution in [2.45, 2.75) is 53.7 Å². The van der Waals surface area contributed by atoms with Crippen LogP contribution in [0.4, 0.5) is 10.5 Å². The van der Waals surface area contributed by atoms with Crippen molar-refractivity contribution in [1.82, 2.24) is 10.6 Å². The highest BCUT2D eigenvalue weighted by Gasteiger charge is 2.17. The van der Waals surface area contributed by atoms with Crippen molar-refractivity contribution in [2.75, 3.05) is 11.9 Å². The maximum absolute atomic E-state index is 12.1. The maximum Gasteiger partial charge on any atom is 0.408 e. The molecule has 0 bridgehead atoms. The zero-order chi connectivity index (χ0) is 21.3. The van der Waals surface area contributed by atoms with Gasteiger partial charge in [0.15, 0.2) is 0 Å². The molecule has 28 heavy (non-hydrogen) atoms. The Labute approximate surface area is 166 Å². The lowest BCUT2D eigenvalue weighted by molar-refractivity contribution is -0.117. The summed E-state index contributed by atoms with van der Waals surface area (Å²) in [7, 11) is 0. The summed E-state index contributed by atoms with van der Waals surface area (Å²) in [4.78, 5) is 35.8. The molecule has 0 aromatic heterocycles. The quantitative estimate of drug-likeness (QED) is 0.623. The van der Waals surface area contributed by atoms with Gasteiger partial charge in [-0.15, -0.1) is 0 Å². The van der Waals surface area contributed by atoms with Crippen LogP contribution in [0, 0.1) is 5.92 Å². The van der Waals surface area contributed by atoms with Crippen LogP contribution in [0.2, 0.25) is 0 Å². The van der Waals surface area contributed by atoms with Gasteiger partial charge in [-0.25, -0.2) is 4.79 Å². The topological polar surface area (TPSA) is 96.5 Å². The Morgan fingerprint density at radius 1 is 1.11 bits per heavy atom. The number of rotatable bonds is 7. The number of hydrogen-bond donors (Lipinski definition) is 3. The molecule has 0 aliphatic heterocycles. The van der Waals surface area contributed by atoms with E-state index in [2.05, 4.69) is 16.0 Å². The van der Waals surface area contributed by atoms with Crippen LogP contribution in [-0.2, 0) is 20.9 Å². The van der Waals surface area contributed by atoms with Gasteiger partial charge in [0, 0.05) is 18.3 Å². The fraction of sp³-hybridized carbons (Fsp3) is 0.476. The third kappa shape index (κ3) is 9.21. The largest absolute Gasteiger partial charge is 0.444 e. The van der Waals surface area contributed by atoms with E-state index in [0.29, 0.717) is 11.6 Å². The molecule has 7 nitrogen and oxygen atoms in total. The van der Waals surface area contributed by atoms with Gasteiger partial charge in [-0.3, -0.25) is 9.59 Å². The highest BCUT2D eigenvalue weighted by molar-refractivity contribution is 5.94. The molecule has 3 N–H and O–H groups in total. The third-order valence-corrected chi connectivity index (χ3v) is 3.81. The number of carbonyl (C=O) groups excluding carboxylic acids is 3. The highest BCUT2D eigenvalue weighted by Crippen LogP contribution is 2.15. The average molecular weight is 389 g/mol. The Balaban J connectivity index is 2.61. The first-order valence-electron chi connectivity index (χ1n) is 9.28. The molecule has 3 amide bonds. The van der Waals surface area contributed by atoms with Crippen molar-refractivity contribution < 1.29 is 19.1 Å². The van der Waals surface area contributed by atoms with Gasteiger partial charge in [0.05, 0.1) is 0 Å². The molecule has 0 heterocycles. The number of carbonyl (C=O) groups is 3. The Morgan fingerprint density at radius 3 is 2.36 bits per heavy atom. The number of benzene rings is 1. The highest BCUT2D eigenvalue weighted by atomic mass is 16.6. The smallest absolute Gasteiger partial charge is 0.408 e. The molecule has 7 heteroatoms. The summed E-state index contributed by atoms with van der Waals surface area (Å²) in [6.45, 7) is 11.3. The molecular weight excluding hydrogens is 358 g/mol. The van der Waals surface area contributed by atoms with Crippen LogP contribution in [-0.4, -0.2) is 30.1 Å². The van der Waals surface area contributed by atoms with Gasteiger partial charge in [-0.2, -0.15) is 0 Å². The van der Waals surface area contributed by atoms with Gasteiger partial charge in [-0.1, -0.05) is 37.6 Å². The number of amides is 3. The molecule has 0 radical (unpaired) electrons. The second kappa shape index (κ2) is 10.5. The molecular formula is C21H31N3O4. The third-order valence-electron chi connectivity index (χ3n) is 3.81. The van der Waals surface area contributed by atoms with Crippen LogP contribution in [0.15, 0.2) is 35.9 Å². The lowest BCUT2D eigenvalue weighted by Gasteiger charge is -2.19. The predicted molar refractivity (Wildman–Crippen MR) is 110 cm³/mol. The summed E-state index contributed by atoms with van der Waals surface area (Å²) in [5, 5.41) is 7.96. The van der Waals surface area contributed by atoms with Crippen LogP contribution in [0.25, 0.3) is 0 Å². The molecule has 1 aromatic carbocycles. The molecule has 0 fully saturated rings. The number of ether oxygens (including phenoxy) is 1. The molecule has 0 saturated heterocycles. The number of allylic oxidation sites excluding steroid dienone is 1. The van der Waals surface area contributed by atoms with E-state index in [1.165, 1.54) is 0 Å². The second-order valence-electron chi connectivity index (χ2n) is 7.82. The number of nitrogens with one attached hydrogen (secondary N) is 3. The van der Waals surface area contributed by atoms with Crippen molar-refractivity contribution in [2.24, 2.45) is 5.92 Å². The van der Waals surface area contributed by atoms with Crippen molar-refractivity contribution in [3.63, 3.8) is 0 Å². The van der Waals surface area contributed by atoms with Gasteiger partial charge in [0.1, 0.15) is 12.1 Å². The lowest BCUT2D eigenvalue weighted by Crippen LogP contribution is -2.37. The van der Waals surface area contributed by atoms with E-state index < -0.39 is 11.7 Å². The lowest BCUT2D eigenvalue weighted by atomic mass is 10.1. The molecule has 0 atom stereocenters. The molecule has 0 aliphatic rings. The standard InChI is InChI=1S/C21H31N3O4/c1-14(2)15(3)11-18(25)22-12-16-9-7-8-10-17(16)24-19(26)13-23-20(27)28-21(4,5)6/h7-11,14H,12-13H2,1-6H3,(H,22,25)(H,23,27)(H,24,26)/b15-11+. The minimum Gasteiger partial charge on any atom is -0.444 e. The van der Waals surface area contributed by atoms with Crippen molar-refractivity contribution in [3.8, 4) is 0 Å². The summed E-state index contributed by atoms with van der Waals surface area (Å²) in [5.74, 6) is -0.270. The minimum absolute atomic E-state index is 0.182. The number of alkyl carbamates (subject to hydrolysis) is 1. The molecule has 1 rings (SSSR count). The molecule has 0 aliphatic carbocycles. The summed E-state index contributed by atoms with van der Waals surface area (Å²) < 4.78 is 5.09. The van der Waals surface area contributed by atoms with Crippen LogP contribution >= 0.6 is 0 Å². The number of anilines is 1. The van der Waals surface area contributed by atoms with Gasteiger partial charge < -0.3 is 20.7 Å². The van der Waals surface area contributed by atoms with Crippen LogP contribution in [0.3, 0.4) is 0 Å². The minimum atomic E-state index is -0.657. The van der Waals surface area contributed by atoms with E-state index in [-0.39, 0.29) is 24.9 Å². The van der Waals surface area contributed by atoms with Crippen LogP contribution in [0.1, 0.15) is 47.1 Å². The summed E-state index contributed by atoms with van der Waals surface area (Å²) in [5.41, 5.74) is 1.70. The first-order valence-corrected chi connectivity index (χ1v) is 9.28. The summed E-state index contributed by atoms with van der Waals surface area (Å²) >= 11 is 0. The molecule has 0 unspecified atom stereocenters. The molecule has 1 aromatic rings. The van der Waals surface area contributed by atoms with Gasteiger partial charge in [0.2, 0.25) is 11.8 Å². The average Bonchev–Trinajstić information content (AvgIpc) is 2.57. The second-order valence-corrected chi connectivity index (χ2v) is 7.82. The molecule has 0 saturated carbocycles. The Bertz CT molecular complexity index is 733. The maximum atomic E-state index is 12.1. The van der Waals surface area contributed by atoms with Crippen molar-refractivity contribution >= 4 is 23.6 Å². The van der Waals surface area contributed by atoms with E-state index in [1.807, 2.05) is 32.9 Å². The van der Waals surface area contributed by atoms with E-state index in [9.17, 15) is 14.4 Å². The van der Waals surface area contributed by atoms with Crippen LogP contribution < -0.4 is 16.0 Å². The fourth-order valence-electron chi connectivity index (χ4n) is 2.06.